The Bertz CT molecular complexity index is 870. The topological polar surface area (TPSA) is 83.8 Å². The van der Waals surface area contributed by atoms with Gasteiger partial charge >= 0.3 is 0 Å². The van der Waals surface area contributed by atoms with E-state index in [1.807, 2.05) is 24.4 Å². The first kappa shape index (κ1) is 19.0. The third-order valence-electron chi connectivity index (χ3n) is 4.35. The Labute approximate surface area is 157 Å². The summed E-state index contributed by atoms with van der Waals surface area (Å²) in [6.45, 7) is 6.58. The van der Waals surface area contributed by atoms with Crippen molar-refractivity contribution < 1.29 is 18.1 Å². The summed E-state index contributed by atoms with van der Waals surface area (Å²) in [5, 5.41) is 5.23. The predicted octanol–water partition coefficient (Wildman–Crippen LogP) is 0.499. The third kappa shape index (κ3) is 4.47. The minimum absolute atomic E-state index is 0.131. The number of quaternary nitrogens is 1. The number of piperazine rings is 1. The smallest absolute Gasteiger partial charge is 0.243 e. The molecule has 0 aliphatic carbocycles. The summed E-state index contributed by atoms with van der Waals surface area (Å²) in [6.07, 6.45) is 0. The number of nitrogens with one attached hydrogen (secondary N) is 2. The number of thiazole rings is 1. The molecule has 1 amide bonds. The van der Waals surface area contributed by atoms with Crippen molar-refractivity contribution in [1.82, 2.24) is 9.29 Å². The molecule has 3 rings (SSSR count). The van der Waals surface area contributed by atoms with Crippen molar-refractivity contribution in [2.75, 3.05) is 31.5 Å². The lowest BCUT2D eigenvalue weighted by atomic mass is 10.2. The van der Waals surface area contributed by atoms with Crippen LogP contribution >= 0.6 is 11.3 Å². The molecule has 7 nitrogen and oxygen atoms in total. The molecule has 0 saturated carbocycles. The van der Waals surface area contributed by atoms with Crippen LogP contribution in [0.4, 0.5) is 5.13 Å². The Balaban J connectivity index is 1.57. The zero-order valence-electron chi connectivity index (χ0n) is 14.9. The Morgan fingerprint density at radius 2 is 1.92 bits per heavy atom. The molecule has 2 heterocycles. The van der Waals surface area contributed by atoms with Crippen LogP contribution < -0.4 is 10.2 Å². The molecule has 1 aliphatic heterocycles. The zero-order chi connectivity index (χ0) is 18.7. The fourth-order valence-electron chi connectivity index (χ4n) is 2.93. The standard InChI is InChI=1S/C17H22N4O3S2/c1-13-3-5-16(6-4-13)26(23,24)21-9-7-20(8-10-21)11-15-12-25-17(19-15)18-14(2)22/h3-6,12H,7-11H2,1-2H3,(H,18,19,22)/p+1. The van der Waals surface area contributed by atoms with Crippen LogP contribution in [-0.2, 0) is 21.4 Å². The number of benzene rings is 1. The first-order valence-electron chi connectivity index (χ1n) is 8.47. The van der Waals surface area contributed by atoms with Crippen LogP contribution in [-0.4, -0.2) is 49.8 Å². The molecule has 0 radical (unpaired) electrons. The van der Waals surface area contributed by atoms with Gasteiger partial charge in [-0.05, 0) is 19.1 Å². The van der Waals surface area contributed by atoms with E-state index in [1.54, 1.807) is 16.4 Å². The van der Waals surface area contributed by atoms with Crippen molar-refractivity contribution in [2.45, 2.75) is 25.3 Å². The number of nitrogens with zero attached hydrogens (tertiary/aromatic N) is 2. The van der Waals surface area contributed by atoms with E-state index in [2.05, 4.69) is 10.3 Å². The SMILES string of the molecule is CC(=O)Nc1nc(C[NH+]2CCN(S(=O)(=O)c3ccc(C)cc3)CC2)cs1. The lowest BCUT2D eigenvalue weighted by Gasteiger charge is -2.31. The summed E-state index contributed by atoms with van der Waals surface area (Å²) in [4.78, 5) is 17.1. The molecule has 9 heteroatoms. The minimum atomic E-state index is -3.43. The summed E-state index contributed by atoms with van der Waals surface area (Å²) in [5.41, 5.74) is 1.96. The van der Waals surface area contributed by atoms with Crippen molar-refractivity contribution in [2.24, 2.45) is 0 Å². The van der Waals surface area contributed by atoms with Crippen LogP contribution in [0.2, 0.25) is 0 Å². The number of aromatic nitrogens is 1. The predicted molar refractivity (Wildman–Crippen MR) is 101 cm³/mol. The number of rotatable bonds is 5. The van der Waals surface area contributed by atoms with Gasteiger partial charge in [-0.1, -0.05) is 17.7 Å². The van der Waals surface area contributed by atoms with Gasteiger partial charge < -0.3 is 10.2 Å². The molecule has 140 valence electrons. The van der Waals surface area contributed by atoms with Gasteiger partial charge in [-0.3, -0.25) is 4.79 Å². The molecular weight excluding hydrogens is 372 g/mol. The van der Waals surface area contributed by atoms with Crippen molar-refractivity contribution >= 4 is 32.4 Å². The van der Waals surface area contributed by atoms with Crippen LogP contribution in [0, 0.1) is 6.92 Å². The highest BCUT2D eigenvalue weighted by Gasteiger charge is 2.30. The molecule has 1 fully saturated rings. The molecule has 26 heavy (non-hydrogen) atoms. The Morgan fingerprint density at radius 1 is 1.27 bits per heavy atom. The number of carbonyl (C=O) groups is 1. The Kier molecular flexibility index (Phi) is 5.71. The van der Waals surface area contributed by atoms with Gasteiger partial charge in [-0.15, -0.1) is 11.3 Å². The van der Waals surface area contributed by atoms with E-state index in [1.165, 1.54) is 23.2 Å². The fraction of sp³-hybridized carbons (Fsp3) is 0.412. The average molecular weight is 396 g/mol. The number of sulfonamides is 1. The minimum Gasteiger partial charge on any atom is -0.328 e. The van der Waals surface area contributed by atoms with Crippen molar-refractivity contribution in [3.05, 3.63) is 40.9 Å². The molecule has 0 unspecified atom stereocenters. The van der Waals surface area contributed by atoms with E-state index in [0.29, 0.717) is 23.1 Å². The van der Waals surface area contributed by atoms with Gasteiger partial charge in [-0.25, -0.2) is 13.4 Å². The lowest BCUT2D eigenvalue weighted by Crippen LogP contribution is -3.13. The molecule has 1 aliphatic rings. The van der Waals surface area contributed by atoms with Gasteiger partial charge in [0.05, 0.1) is 31.1 Å². The summed E-state index contributed by atoms with van der Waals surface area (Å²) < 4.78 is 27.0. The van der Waals surface area contributed by atoms with Gasteiger partial charge in [-0.2, -0.15) is 4.31 Å². The monoisotopic (exact) mass is 395 g/mol. The molecule has 0 bridgehead atoms. The average Bonchev–Trinajstić information content (AvgIpc) is 3.02. The largest absolute Gasteiger partial charge is 0.328 e. The molecule has 0 atom stereocenters. The summed E-state index contributed by atoms with van der Waals surface area (Å²) in [5.74, 6) is -0.131. The van der Waals surface area contributed by atoms with E-state index < -0.39 is 10.0 Å². The molecule has 1 aromatic carbocycles. The first-order valence-corrected chi connectivity index (χ1v) is 10.8. The second-order valence-electron chi connectivity index (χ2n) is 6.47. The van der Waals surface area contributed by atoms with Crippen molar-refractivity contribution in [1.29, 1.82) is 0 Å². The highest BCUT2D eigenvalue weighted by atomic mass is 32.2. The third-order valence-corrected chi connectivity index (χ3v) is 7.07. The van der Waals surface area contributed by atoms with Crippen LogP contribution in [0.1, 0.15) is 18.2 Å². The number of carbonyl (C=O) groups excluding carboxylic acids is 1. The molecule has 2 N–H and O–H groups in total. The fourth-order valence-corrected chi connectivity index (χ4v) is 5.13. The van der Waals surface area contributed by atoms with Crippen LogP contribution in [0.25, 0.3) is 0 Å². The summed E-state index contributed by atoms with van der Waals surface area (Å²) >= 11 is 1.41. The Morgan fingerprint density at radius 3 is 2.54 bits per heavy atom. The number of amides is 1. The van der Waals surface area contributed by atoms with E-state index in [0.717, 1.165) is 30.9 Å². The van der Waals surface area contributed by atoms with Crippen molar-refractivity contribution in [3.63, 3.8) is 0 Å². The van der Waals surface area contributed by atoms with Gasteiger partial charge in [0.25, 0.3) is 0 Å². The maximum absolute atomic E-state index is 12.7. The van der Waals surface area contributed by atoms with Gasteiger partial charge in [0, 0.05) is 12.3 Å². The highest BCUT2D eigenvalue weighted by Crippen LogP contribution is 2.17. The normalized spacial score (nSPS) is 16.5. The second-order valence-corrected chi connectivity index (χ2v) is 9.27. The van der Waals surface area contributed by atoms with Gasteiger partial charge in [0.2, 0.25) is 15.9 Å². The van der Waals surface area contributed by atoms with E-state index in [-0.39, 0.29) is 5.91 Å². The van der Waals surface area contributed by atoms with E-state index >= 15 is 0 Å². The number of hydrogen-bond donors (Lipinski definition) is 2. The van der Waals surface area contributed by atoms with Crippen LogP contribution in [0.5, 0.6) is 0 Å². The first-order chi connectivity index (χ1) is 12.3. The Hall–Kier alpha value is -1.81. The van der Waals surface area contributed by atoms with Crippen LogP contribution in [0.3, 0.4) is 0 Å². The number of anilines is 1. The molecular formula is C17H23N4O3S2+. The van der Waals surface area contributed by atoms with Gasteiger partial charge in [0.15, 0.2) is 5.13 Å². The van der Waals surface area contributed by atoms with Gasteiger partial charge in [0.1, 0.15) is 12.2 Å². The quantitative estimate of drug-likeness (QED) is 0.772. The molecule has 1 aromatic heterocycles. The maximum Gasteiger partial charge on any atom is 0.243 e. The van der Waals surface area contributed by atoms with Crippen molar-refractivity contribution in [3.8, 4) is 0 Å². The summed E-state index contributed by atoms with van der Waals surface area (Å²) in [6, 6.07) is 6.98. The second kappa shape index (κ2) is 7.83. The number of hydrogen-bond acceptors (Lipinski definition) is 5. The molecule has 1 saturated heterocycles. The maximum atomic E-state index is 12.7. The molecule has 0 spiro atoms. The van der Waals surface area contributed by atoms with Crippen LogP contribution in [0.15, 0.2) is 34.5 Å². The number of aryl methyl sites for hydroxylation is 1. The highest BCUT2D eigenvalue weighted by molar-refractivity contribution is 7.89. The lowest BCUT2D eigenvalue weighted by molar-refractivity contribution is -0.917. The molecule has 2 aromatic rings. The zero-order valence-corrected chi connectivity index (χ0v) is 16.5. The van der Waals surface area contributed by atoms with E-state index in [9.17, 15) is 13.2 Å². The van der Waals surface area contributed by atoms with E-state index in [4.69, 9.17) is 0 Å². The summed E-state index contributed by atoms with van der Waals surface area (Å²) in [7, 11) is -3.43.